The van der Waals surface area contributed by atoms with E-state index in [0.29, 0.717) is 35.5 Å². The molecule has 3 aromatic heterocycles. The Morgan fingerprint density at radius 3 is 2.74 bits per heavy atom. The smallest absolute Gasteiger partial charge is 0.258 e. The molecule has 1 saturated heterocycles. The molecular formula is C26H24F2N4O2. The van der Waals surface area contributed by atoms with E-state index in [0.717, 1.165) is 36.6 Å². The maximum atomic E-state index is 14.8. The van der Waals surface area contributed by atoms with Gasteiger partial charge in [-0.05, 0) is 49.9 Å². The number of ether oxygens (including phenoxy) is 1. The number of aryl methyl sites for hydroxylation is 1. The van der Waals surface area contributed by atoms with Crippen LogP contribution in [0.2, 0.25) is 0 Å². The highest BCUT2D eigenvalue weighted by Gasteiger charge is 2.30. The first-order valence-corrected chi connectivity index (χ1v) is 11.6. The van der Waals surface area contributed by atoms with Crippen LogP contribution >= 0.6 is 0 Å². The second kappa shape index (κ2) is 8.13. The number of halogens is 2. The molecule has 34 heavy (non-hydrogen) atoms. The Balaban J connectivity index is 1.43. The van der Waals surface area contributed by atoms with Gasteiger partial charge in [-0.2, -0.15) is 5.10 Å². The predicted octanol–water partition coefficient (Wildman–Crippen LogP) is 5.05. The van der Waals surface area contributed by atoms with Crippen LogP contribution in [0.1, 0.15) is 55.0 Å². The van der Waals surface area contributed by atoms with Crippen LogP contribution in [0.3, 0.4) is 0 Å². The largest absolute Gasteiger partial charge is 0.373 e. The molecule has 4 aromatic rings. The molecule has 0 bridgehead atoms. The van der Waals surface area contributed by atoms with Gasteiger partial charge in [0, 0.05) is 60.2 Å². The van der Waals surface area contributed by atoms with E-state index >= 15 is 0 Å². The lowest BCUT2D eigenvalue weighted by Gasteiger charge is -2.29. The van der Waals surface area contributed by atoms with E-state index in [4.69, 9.17) is 9.72 Å². The summed E-state index contributed by atoms with van der Waals surface area (Å²) in [6.45, 7) is 0.552. The summed E-state index contributed by atoms with van der Waals surface area (Å²) in [5.74, 6) is -1.33. The summed E-state index contributed by atoms with van der Waals surface area (Å²) in [5, 5.41) is 5.51. The molecule has 0 spiro atoms. The van der Waals surface area contributed by atoms with Crippen molar-refractivity contribution in [2.75, 3.05) is 6.61 Å². The maximum absolute atomic E-state index is 14.8. The molecule has 4 heterocycles. The quantitative estimate of drug-likeness (QED) is 0.426. The lowest BCUT2D eigenvalue weighted by atomic mass is 9.89. The zero-order valence-corrected chi connectivity index (χ0v) is 18.7. The zero-order chi connectivity index (χ0) is 23.4. The van der Waals surface area contributed by atoms with Gasteiger partial charge < -0.3 is 9.30 Å². The first-order chi connectivity index (χ1) is 16.5. The third-order valence-electron chi connectivity index (χ3n) is 6.90. The fourth-order valence-electron chi connectivity index (χ4n) is 4.82. The van der Waals surface area contributed by atoms with Gasteiger partial charge in [0.1, 0.15) is 11.6 Å². The molecule has 0 N–H and O–H groups in total. The summed E-state index contributed by atoms with van der Waals surface area (Å²) < 4.78 is 37.9. The molecule has 1 saturated carbocycles. The Hall–Kier alpha value is -3.39. The van der Waals surface area contributed by atoms with Crippen molar-refractivity contribution in [3.05, 3.63) is 82.2 Å². The first kappa shape index (κ1) is 21.2. The molecule has 8 heteroatoms. The van der Waals surface area contributed by atoms with Crippen molar-refractivity contribution >= 4 is 10.8 Å². The fourth-order valence-corrected chi connectivity index (χ4v) is 4.82. The number of nitrogens with zero attached hydrogens (tertiary/aromatic N) is 4. The minimum absolute atomic E-state index is 0.0274. The van der Waals surface area contributed by atoms with E-state index in [-0.39, 0.29) is 23.1 Å². The molecule has 2 atom stereocenters. The number of hydrogen-bond donors (Lipinski definition) is 0. The van der Waals surface area contributed by atoms with Gasteiger partial charge in [0.15, 0.2) is 0 Å². The number of hydrogen-bond acceptors (Lipinski definition) is 4. The molecule has 1 aliphatic carbocycles. The normalized spacial score (nSPS) is 20.7. The Morgan fingerprint density at radius 1 is 1.09 bits per heavy atom. The third-order valence-corrected chi connectivity index (χ3v) is 6.90. The van der Waals surface area contributed by atoms with Crippen molar-refractivity contribution in [3.8, 4) is 11.3 Å². The van der Waals surface area contributed by atoms with Crippen molar-refractivity contribution in [1.82, 2.24) is 19.3 Å². The van der Waals surface area contributed by atoms with Gasteiger partial charge in [-0.15, -0.1) is 0 Å². The average Bonchev–Trinajstić information content (AvgIpc) is 3.57. The molecule has 1 aromatic carbocycles. The van der Waals surface area contributed by atoms with E-state index in [9.17, 15) is 13.6 Å². The van der Waals surface area contributed by atoms with E-state index in [1.165, 1.54) is 16.7 Å². The van der Waals surface area contributed by atoms with Crippen molar-refractivity contribution < 1.29 is 13.5 Å². The highest BCUT2D eigenvalue weighted by molar-refractivity contribution is 5.94. The summed E-state index contributed by atoms with van der Waals surface area (Å²) in [5.41, 5.74) is 2.11. The van der Waals surface area contributed by atoms with Crippen molar-refractivity contribution in [2.45, 2.75) is 43.7 Å². The number of rotatable bonds is 4. The van der Waals surface area contributed by atoms with Gasteiger partial charge >= 0.3 is 0 Å². The van der Waals surface area contributed by atoms with Gasteiger partial charge in [0.2, 0.25) is 0 Å². The van der Waals surface area contributed by atoms with Gasteiger partial charge in [0.25, 0.3) is 5.56 Å². The number of benzene rings is 1. The number of pyridine rings is 2. The van der Waals surface area contributed by atoms with Crippen molar-refractivity contribution in [2.24, 2.45) is 7.05 Å². The Kier molecular flexibility index (Phi) is 5.06. The highest BCUT2D eigenvalue weighted by atomic mass is 19.1. The molecular weight excluding hydrogens is 438 g/mol. The predicted molar refractivity (Wildman–Crippen MR) is 124 cm³/mol. The molecule has 2 fully saturated rings. The van der Waals surface area contributed by atoms with Gasteiger partial charge in [-0.25, -0.2) is 8.78 Å². The highest BCUT2D eigenvalue weighted by Crippen LogP contribution is 2.40. The molecule has 1 aliphatic heterocycles. The Labute approximate surface area is 194 Å². The monoisotopic (exact) mass is 462 g/mol. The van der Waals surface area contributed by atoms with Crippen molar-refractivity contribution in [1.29, 1.82) is 0 Å². The lowest BCUT2D eigenvalue weighted by molar-refractivity contribution is 0.00463. The molecule has 6 rings (SSSR count). The molecule has 0 amide bonds. The molecule has 174 valence electrons. The summed E-state index contributed by atoms with van der Waals surface area (Å²) >= 11 is 0. The fraction of sp³-hybridized carbons (Fsp3) is 0.346. The van der Waals surface area contributed by atoms with E-state index in [1.54, 1.807) is 19.3 Å². The number of fused-ring (bicyclic) bond motifs is 1. The second-order valence-corrected chi connectivity index (χ2v) is 9.28. The second-order valence-electron chi connectivity index (χ2n) is 9.28. The Bertz CT molecular complexity index is 1460. The topological polar surface area (TPSA) is 61.9 Å². The van der Waals surface area contributed by atoms with Crippen LogP contribution in [-0.2, 0) is 11.8 Å². The summed E-state index contributed by atoms with van der Waals surface area (Å²) in [7, 11) is 1.68. The van der Waals surface area contributed by atoms with Gasteiger partial charge in [-0.3, -0.25) is 14.5 Å². The lowest BCUT2D eigenvalue weighted by Crippen LogP contribution is -2.21. The van der Waals surface area contributed by atoms with Gasteiger partial charge in [0.05, 0.1) is 29.4 Å². The van der Waals surface area contributed by atoms with Gasteiger partial charge in [-0.1, -0.05) is 0 Å². The Morgan fingerprint density at radius 2 is 1.94 bits per heavy atom. The SMILES string of the molecule is Cn1ccc2c(-c3ccc(F)cc3F)nc([C@H]3CCO[C@@H](c4cnn(C5CC5)c4)C3)cc2c1=O. The third kappa shape index (κ3) is 3.72. The minimum atomic E-state index is -0.705. The molecule has 0 radical (unpaired) electrons. The summed E-state index contributed by atoms with van der Waals surface area (Å²) in [6.07, 6.45) is 9.20. The average molecular weight is 463 g/mol. The van der Waals surface area contributed by atoms with Crippen LogP contribution in [0.5, 0.6) is 0 Å². The standard InChI is InChI=1S/C26H24F2N4O2/c1-31-8-6-19-21(26(31)33)12-23(30-25(19)20-5-2-17(27)11-22(20)28)15-7-9-34-24(10-15)16-13-29-32(14-16)18-3-4-18/h2,5-6,8,11-15,18,24H,3-4,7,9-10H2,1H3/t15-,24+/m0/s1. The zero-order valence-electron chi connectivity index (χ0n) is 18.7. The maximum Gasteiger partial charge on any atom is 0.258 e. The van der Waals surface area contributed by atoms with Crippen LogP contribution in [0, 0.1) is 11.6 Å². The van der Waals surface area contributed by atoms with Crippen LogP contribution in [0.25, 0.3) is 22.0 Å². The minimum Gasteiger partial charge on any atom is -0.373 e. The number of aromatic nitrogens is 4. The first-order valence-electron chi connectivity index (χ1n) is 11.6. The molecule has 0 unspecified atom stereocenters. The van der Waals surface area contributed by atoms with Crippen LogP contribution in [-0.4, -0.2) is 25.9 Å². The molecule has 2 aliphatic rings. The van der Waals surface area contributed by atoms with E-state index in [1.807, 2.05) is 16.9 Å². The summed E-state index contributed by atoms with van der Waals surface area (Å²) in [6, 6.07) is 7.51. The van der Waals surface area contributed by atoms with Crippen LogP contribution < -0.4 is 5.56 Å². The van der Waals surface area contributed by atoms with E-state index in [2.05, 4.69) is 11.3 Å². The summed E-state index contributed by atoms with van der Waals surface area (Å²) in [4.78, 5) is 17.8. The van der Waals surface area contributed by atoms with Crippen LogP contribution in [0.15, 0.2) is 53.7 Å². The van der Waals surface area contributed by atoms with E-state index < -0.39 is 11.6 Å². The van der Waals surface area contributed by atoms with Crippen LogP contribution in [0.4, 0.5) is 8.78 Å². The molecule has 6 nitrogen and oxygen atoms in total. The van der Waals surface area contributed by atoms with Crippen molar-refractivity contribution in [3.63, 3.8) is 0 Å².